The summed E-state index contributed by atoms with van der Waals surface area (Å²) in [6.07, 6.45) is 0. The fourth-order valence-corrected chi connectivity index (χ4v) is 11.7. The van der Waals surface area contributed by atoms with Crippen molar-refractivity contribution in [2.24, 2.45) is 0 Å². The Balaban J connectivity index is 0.000000131. The quantitative estimate of drug-likeness (QED) is 0.0693. The second-order valence-corrected chi connectivity index (χ2v) is 20.4. The number of thioether (sulfide) groups is 3. The number of nitrogen functional groups attached to an aromatic ring is 2. The van der Waals surface area contributed by atoms with E-state index in [2.05, 4.69) is 10.6 Å². The molecule has 0 unspecified atom stereocenters. The third kappa shape index (κ3) is 12.4. The van der Waals surface area contributed by atoms with Gasteiger partial charge in [-0.2, -0.15) is 4.39 Å². The van der Waals surface area contributed by atoms with Crippen LogP contribution in [0.25, 0.3) is 0 Å². The van der Waals surface area contributed by atoms with Crippen LogP contribution >= 0.6 is 35.3 Å². The van der Waals surface area contributed by atoms with Gasteiger partial charge in [-0.25, -0.2) is 0 Å². The molecule has 0 spiro atoms. The number of para-hydroxylation sites is 5. The zero-order chi connectivity index (χ0) is 54.0. The fraction of sp³-hybridized carbons (Fsp3) is 0.0500. The number of nitrogens with zero attached hydrogens (tertiary/aromatic N) is 2. The van der Waals surface area contributed by atoms with Crippen molar-refractivity contribution in [1.82, 2.24) is 0 Å². The van der Waals surface area contributed by atoms with Gasteiger partial charge in [0.15, 0.2) is 17.3 Å². The first-order chi connectivity index (χ1) is 37.3. The van der Waals surface area contributed by atoms with Crippen molar-refractivity contribution in [3.63, 3.8) is 0 Å². The van der Waals surface area contributed by atoms with Gasteiger partial charge in [0.25, 0.3) is 5.69 Å². The van der Waals surface area contributed by atoms with E-state index < -0.39 is 21.4 Å². The number of nitrogens with one attached hydrogen (secondary N) is 2. The molecule has 9 aromatic carbocycles. The minimum absolute atomic E-state index is 0.0119. The van der Waals surface area contributed by atoms with Crippen molar-refractivity contribution >= 4 is 98.1 Å². The summed E-state index contributed by atoms with van der Waals surface area (Å²) >= 11 is 4.96. The molecule has 0 atom stereocenters. The van der Waals surface area contributed by atoms with Crippen molar-refractivity contribution in [3.8, 4) is 0 Å². The lowest BCUT2D eigenvalue weighted by Gasteiger charge is -2.11. The van der Waals surface area contributed by atoms with E-state index in [1.807, 2.05) is 133 Å². The smallest absolute Gasteiger partial charge is 0.304 e. The van der Waals surface area contributed by atoms with Gasteiger partial charge in [-0.3, -0.25) is 34.6 Å². The van der Waals surface area contributed by atoms with E-state index in [4.69, 9.17) is 11.5 Å². The summed E-state index contributed by atoms with van der Waals surface area (Å²) in [7, 11) is 0. The van der Waals surface area contributed by atoms with Gasteiger partial charge in [0.1, 0.15) is 5.69 Å². The molecule has 0 amide bonds. The maximum Gasteiger partial charge on any atom is 0.304 e. The fourth-order valence-electron chi connectivity index (χ4n) is 8.43. The summed E-state index contributed by atoms with van der Waals surface area (Å²) < 4.78 is 12.4. The molecule has 0 aliphatic carbocycles. The monoisotopic (exact) mass is 1080 g/mol. The number of nitrogens with two attached hydrogens (primary N) is 2. The van der Waals surface area contributed by atoms with Gasteiger partial charge in [0.2, 0.25) is 5.82 Å². The number of rotatable bonds is 6. The number of anilines is 6. The van der Waals surface area contributed by atoms with Gasteiger partial charge in [0.05, 0.1) is 21.2 Å². The number of halogens is 1. The van der Waals surface area contributed by atoms with E-state index in [1.165, 1.54) is 18.2 Å². The average molecular weight is 1080 g/mol. The van der Waals surface area contributed by atoms with Crippen LogP contribution in [0.15, 0.2) is 215 Å². The molecular weight excluding hydrogens is 1030 g/mol. The average Bonchev–Trinajstić information content (AvgIpc) is 3.76. The summed E-state index contributed by atoms with van der Waals surface area (Å²) in [5.41, 5.74) is 23.3. The van der Waals surface area contributed by atoms with Crippen LogP contribution in [-0.2, 0) is 17.3 Å². The molecule has 382 valence electrons. The van der Waals surface area contributed by atoms with Crippen molar-refractivity contribution < 1.29 is 28.6 Å². The third-order valence-electron chi connectivity index (χ3n) is 12.3. The number of ketones is 3. The van der Waals surface area contributed by atoms with Gasteiger partial charge in [-0.05, 0) is 95.6 Å². The second kappa shape index (κ2) is 24.1. The Morgan fingerprint density at radius 1 is 0.416 bits per heavy atom. The first-order valence-electron chi connectivity index (χ1n) is 23.8. The van der Waals surface area contributed by atoms with E-state index in [0.717, 1.165) is 94.2 Å². The minimum atomic E-state index is -0.799. The van der Waals surface area contributed by atoms with Crippen LogP contribution in [0.2, 0.25) is 0 Å². The van der Waals surface area contributed by atoms with Gasteiger partial charge in [-0.1, -0.05) is 109 Å². The lowest BCUT2D eigenvalue weighted by molar-refractivity contribution is -0.387. The molecule has 0 saturated heterocycles. The summed E-state index contributed by atoms with van der Waals surface area (Å²) in [4.78, 5) is 60.8. The van der Waals surface area contributed by atoms with Crippen molar-refractivity contribution in [2.75, 3.05) is 22.1 Å². The lowest BCUT2D eigenvalue weighted by Crippen LogP contribution is -2.04. The van der Waals surface area contributed by atoms with Gasteiger partial charge >= 0.3 is 5.69 Å². The predicted molar refractivity (Wildman–Crippen MR) is 306 cm³/mol. The van der Waals surface area contributed by atoms with Gasteiger partial charge < -0.3 is 22.1 Å². The van der Waals surface area contributed by atoms with E-state index >= 15 is 0 Å². The largest absolute Gasteiger partial charge is 0.399 e. The van der Waals surface area contributed by atoms with E-state index in [9.17, 15) is 39.0 Å². The summed E-state index contributed by atoms with van der Waals surface area (Å²) in [5.74, 6) is 1.73. The van der Waals surface area contributed by atoms with E-state index in [-0.39, 0.29) is 23.0 Å². The van der Waals surface area contributed by atoms with Crippen LogP contribution in [-0.4, -0.2) is 27.2 Å². The summed E-state index contributed by atoms with van der Waals surface area (Å²) in [5, 5.41) is 27.6. The Kier molecular flexibility index (Phi) is 16.5. The second-order valence-electron chi connectivity index (χ2n) is 17.3. The molecule has 0 radical (unpaired) electrons. The van der Waals surface area contributed by atoms with Crippen LogP contribution in [0, 0.1) is 26.0 Å². The van der Waals surface area contributed by atoms with Crippen molar-refractivity contribution in [2.45, 2.75) is 31.9 Å². The highest BCUT2D eigenvalue weighted by atomic mass is 32.2. The normalized spacial score (nSPS) is 12.6. The third-order valence-corrected chi connectivity index (χ3v) is 15.6. The standard InChI is InChI=1S/C20H14N2O3S.C20H16N2OS.C14H11NOS.C6H4FNO2/c23-20-15-6-2-1-5-13(15)12-26-19-11-14(9-10-16(19)20)21-17-7-3-4-8-18(17)22(24)25;21-17-7-3-4-8-18(17)22-14-9-10-16-19(11-14)24-12-13-5-1-2-6-15(13)20(16)23;15-10-5-6-12-13(7-10)17-8-9-3-1-2-4-11(9)14(12)16;7-5-3-1-2-4-6(5)8(9)10/h1-11,21H,12H2;1-11,22H,12,21H2;1-7H,8,15H2;1-4H. The number of fused-ring (bicyclic) bond motifs is 6. The zero-order valence-electron chi connectivity index (χ0n) is 40.7. The zero-order valence-corrected chi connectivity index (χ0v) is 43.1. The minimum Gasteiger partial charge on any atom is -0.399 e. The van der Waals surface area contributed by atoms with Crippen LogP contribution < -0.4 is 22.1 Å². The maximum absolute atomic E-state index is 12.8. The number of benzene rings is 9. The number of hydrogen-bond acceptors (Lipinski definition) is 14. The molecule has 3 heterocycles. The Morgan fingerprint density at radius 3 is 1.25 bits per heavy atom. The Hall–Kier alpha value is -9.03. The molecule has 0 fully saturated rings. The molecular formula is C60H45FN6O7S3. The van der Waals surface area contributed by atoms with E-state index in [1.54, 1.807) is 71.7 Å². The molecule has 12 rings (SSSR count). The number of hydrogen-bond donors (Lipinski definition) is 4. The number of carbonyl (C=O) groups excluding carboxylic acids is 3. The molecule has 6 N–H and O–H groups in total. The molecule has 0 bridgehead atoms. The number of carbonyl (C=O) groups is 3. The van der Waals surface area contributed by atoms with E-state index in [0.29, 0.717) is 34.1 Å². The summed E-state index contributed by atoms with van der Waals surface area (Å²) in [6, 6.07) is 59.2. The Morgan fingerprint density at radius 2 is 0.792 bits per heavy atom. The van der Waals surface area contributed by atoms with Crippen LogP contribution in [0.5, 0.6) is 0 Å². The maximum atomic E-state index is 12.8. The number of nitro benzene ring substituents is 2. The predicted octanol–water partition coefficient (Wildman–Crippen LogP) is 14.9. The van der Waals surface area contributed by atoms with Gasteiger partial charge in [0, 0.05) is 94.5 Å². The molecule has 17 heteroatoms. The SMILES string of the molecule is Nc1ccc2c(c1)SCc1ccccc1C2=O.Nc1ccccc1Nc1ccc2c(c1)SCc1ccccc1C2=O.O=C1c2ccccc2CSc2cc(Nc3ccccc3[N+](=O)[O-])ccc21.O=[N+]([O-])c1ccccc1F. The van der Waals surface area contributed by atoms with Gasteiger partial charge in [-0.15, -0.1) is 35.3 Å². The molecule has 0 aromatic heterocycles. The molecule has 3 aliphatic rings. The van der Waals surface area contributed by atoms with Crippen molar-refractivity contribution in [1.29, 1.82) is 0 Å². The topological polar surface area (TPSA) is 214 Å². The summed E-state index contributed by atoms with van der Waals surface area (Å²) in [6.45, 7) is 0. The first kappa shape index (κ1) is 52.8. The molecule has 3 aliphatic heterocycles. The molecule has 0 saturated carbocycles. The Bertz CT molecular complexity index is 3760. The highest BCUT2D eigenvalue weighted by Gasteiger charge is 2.25. The Labute approximate surface area is 454 Å². The lowest BCUT2D eigenvalue weighted by atomic mass is 9.99. The molecule has 9 aromatic rings. The number of nitro groups is 2. The molecule has 13 nitrogen and oxygen atoms in total. The highest BCUT2D eigenvalue weighted by Crippen LogP contribution is 2.39. The first-order valence-corrected chi connectivity index (χ1v) is 26.7. The molecule has 77 heavy (non-hydrogen) atoms. The van der Waals surface area contributed by atoms with Crippen LogP contribution in [0.4, 0.5) is 49.9 Å². The van der Waals surface area contributed by atoms with Crippen LogP contribution in [0.1, 0.15) is 64.5 Å². The van der Waals surface area contributed by atoms with Crippen LogP contribution in [0.3, 0.4) is 0 Å². The highest BCUT2D eigenvalue weighted by molar-refractivity contribution is 7.99. The van der Waals surface area contributed by atoms with Crippen molar-refractivity contribution in [3.05, 3.63) is 276 Å².